The summed E-state index contributed by atoms with van der Waals surface area (Å²) in [7, 11) is 1.65. The second-order valence-electron chi connectivity index (χ2n) is 4.33. The van der Waals surface area contributed by atoms with Crippen molar-refractivity contribution in [3.63, 3.8) is 0 Å². The van der Waals surface area contributed by atoms with Crippen LogP contribution in [0.2, 0.25) is 0 Å². The highest BCUT2D eigenvalue weighted by Crippen LogP contribution is 2.19. The molecule has 1 unspecified atom stereocenters. The van der Waals surface area contributed by atoms with E-state index < -0.39 is 0 Å². The fourth-order valence-corrected chi connectivity index (χ4v) is 1.94. The van der Waals surface area contributed by atoms with E-state index in [0.29, 0.717) is 19.8 Å². The van der Waals surface area contributed by atoms with Crippen molar-refractivity contribution in [2.24, 2.45) is 5.73 Å². The standard InChI is InChI=1S/C15H19NO3/c1-17-14-5-4-12(3-2-7-16)13(9-14)10-19-15-6-8-18-11-15/h4-5,9,15H,6-8,10-11,16H2,1H3. The Bertz CT molecular complexity index is 470. The molecule has 1 fully saturated rings. The first-order chi connectivity index (χ1) is 9.33. The van der Waals surface area contributed by atoms with Gasteiger partial charge in [-0.3, -0.25) is 0 Å². The van der Waals surface area contributed by atoms with Crippen LogP contribution < -0.4 is 10.5 Å². The highest BCUT2D eigenvalue weighted by molar-refractivity contribution is 5.45. The molecule has 2 rings (SSSR count). The van der Waals surface area contributed by atoms with E-state index in [4.69, 9.17) is 19.9 Å². The van der Waals surface area contributed by atoms with E-state index in [1.807, 2.05) is 18.2 Å². The first-order valence-electron chi connectivity index (χ1n) is 6.38. The Morgan fingerprint density at radius 3 is 3.05 bits per heavy atom. The van der Waals surface area contributed by atoms with Gasteiger partial charge in [0.2, 0.25) is 0 Å². The van der Waals surface area contributed by atoms with E-state index in [1.54, 1.807) is 7.11 Å². The minimum absolute atomic E-state index is 0.182. The van der Waals surface area contributed by atoms with Gasteiger partial charge < -0.3 is 19.9 Å². The van der Waals surface area contributed by atoms with Gasteiger partial charge in [-0.1, -0.05) is 11.8 Å². The Labute approximate surface area is 113 Å². The predicted octanol–water partition coefficient (Wildman–Crippen LogP) is 1.31. The zero-order valence-corrected chi connectivity index (χ0v) is 11.1. The van der Waals surface area contributed by atoms with Crippen LogP contribution in [0.4, 0.5) is 0 Å². The lowest BCUT2D eigenvalue weighted by Crippen LogP contribution is -2.12. The molecule has 102 valence electrons. The maximum atomic E-state index is 5.83. The molecule has 0 amide bonds. The molecule has 1 atom stereocenters. The van der Waals surface area contributed by atoms with Gasteiger partial charge >= 0.3 is 0 Å². The molecular formula is C15H19NO3. The molecule has 2 N–H and O–H groups in total. The van der Waals surface area contributed by atoms with Crippen LogP contribution in [0, 0.1) is 11.8 Å². The van der Waals surface area contributed by atoms with Gasteiger partial charge in [0.1, 0.15) is 5.75 Å². The van der Waals surface area contributed by atoms with E-state index in [9.17, 15) is 0 Å². The average molecular weight is 261 g/mol. The smallest absolute Gasteiger partial charge is 0.119 e. The average Bonchev–Trinajstić information content (AvgIpc) is 2.96. The van der Waals surface area contributed by atoms with Crippen molar-refractivity contribution in [2.45, 2.75) is 19.1 Å². The van der Waals surface area contributed by atoms with Crippen LogP contribution in [0.15, 0.2) is 18.2 Å². The van der Waals surface area contributed by atoms with Crippen LogP contribution in [0.3, 0.4) is 0 Å². The van der Waals surface area contributed by atoms with E-state index >= 15 is 0 Å². The van der Waals surface area contributed by atoms with Crippen molar-refractivity contribution in [2.75, 3.05) is 26.9 Å². The van der Waals surface area contributed by atoms with Crippen molar-refractivity contribution in [3.8, 4) is 17.6 Å². The molecule has 1 aliphatic rings. The molecule has 0 saturated carbocycles. The fourth-order valence-electron chi connectivity index (χ4n) is 1.94. The maximum Gasteiger partial charge on any atom is 0.119 e. The lowest BCUT2D eigenvalue weighted by Gasteiger charge is -2.12. The van der Waals surface area contributed by atoms with Crippen LogP contribution >= 0.6 is 0 Å². The normalized spacial score (nSPS) is 17.9. The summed E-state index contributed by atoms with van der Waals surface area (Å²) in [5, 5.41) is 0. The molecule has 1 heterocycles. The number of hydrogen-bond acceptors (Lipinski definition) is 4. The summed E-state index contributed by atoms with van der Waals surface area (Å²) in [4.78, 5) is 0. The van der Waals surface area contributed by atoms with E-state index in [-0.39, 0.29) is 6.10 Å². The van der Waals surface area contributed by atoms with Crippen molar-refractivity contribution in [1.29, 1.82) is 0 Å². The summed E-state index contributed by atoms with van der Waals surface area (Å²) in [5.74, 6) is 6.73. The summed E-state index contributed by atoms with van der Waals surface area (Å²) in [5.41, 5.74) is 7.37. The summed E-state index contributed by atoms with van der Waals surface area (Å²) >= 11 is 0. The molecule has 0 aromatic heterocycles. The van der Waals surface area contributed by atoms with Gasteiger partial charge in [-0.15, -0.1) is 0 Å². The molecule has 0 aliphatic carbocycles. The molecule has 4 heteroatoms. The highest BCUT2D eigenvalue weighted by atomic mass is 16.5. The van der Waals surface area contributed by atoms with Crippen LogP contribution in [0.5, 0.6) is 5.75 Å². The van der Waals surface area contributed by atoms with Gasteiger partial charge in [0.05, 0.1) is 33.0 Å². The molecule has 1 aromatic carbocycles. The second kappa shape index (κ2) is 7.15. The summed E-state index contributed by atoms with van der Waals surface area (Å²) in [6, 6.07) is 5.78. The Morgan fingerprint density at radius 2 is 2.37 bits per heavy atom. The first kappa shape index (κ1) is 13.9. The fraction of sp³-hybridized carbons (Fsp3) is 0.467. The molecule has 0 bridgehead atoms. The highest BCUT2D eigenvalue weighted by Gasteiger charge is 2.16. The monoisotopic (exact) mass is 261 g/mol. The Morgan fingerprint density at radius 1 is 1.47 bits per heavy atom. The van der Waals surface area contributed by atoms with Crippen LogP contribution in [-0.4, -0.2) is 33.0 Å². The SMILES string of the molecule is COc1ccc(C#CCN)c(COC2CCOC2)c1. The van der Waals surface area contributed by atoms with Gasteiger partial charge in [0, 0.05) is 12.2 Å². The molecule has 0 radical (unpaired) electrons. The third kappa shape index (κ3) is 3.97. The van der Waals surface area contributed by atoms with E-state index in [1.165, 1.54) is 0 Å². The van der Waals surface area contributed by atoms with Gasteiger partial charge in [-0.2, -0.15) is 0 Å². The molecule has 0 spiro atoms. The number of ether oxygens (including phenoxy) is 3. The zero-order valence-electron chi connectivity index (χ0n) is 11.1. The van der Waals surface area contributed by atoms with Crippen molar-refractivity contribution in [3.05, 3.63) is 29.3 Å². The molecule has 19 heavy (non-hydrogen) atoms. The number of nitrogens with two attached hydrogens (primary N) is 1. The molecule has 4 nitrogen and oxygen atoms in total. The number of rotatable bonds is 4. The first-order valence-corrected chi connectivity index (χ1v) is 6.38. The third-order valence-electron chi connectivity index (χ3n) is 3.00. The third-order valence-corrected chi connectivity index (χ3v) is 3.00. The van der Waals surface area contributed by atoms with Gasteiger partial charge in [-0.25, -0.2) is 0 Å². The molecule has 1 aliphatic heterocycles. The summed E-state index contributed by atoms with van der Waals surface area (Å²) < 4.78 is 16.4. The van der Waals surface area contributed by atoms with Gasteiger partial charge in [-0.05, 0) is 30.2 Å². The number of hydrogen-bond donors (Lipinski definition) is 1. The molecular weight excluding hydrogens is 242 g/mol. The minimum atomic E-state index is 0.182. The van der Waals surface area contributed by atoms with Crippen LogP contribution in [0.25, 0.3) is 0 Å². The molecule has 1 saturated heterocycles. The number of methoxy groups -OCH3 is 1. The minimum Gasteiger partial charge on any atom is -0.497 e. The Kier molecular flexibility index (Phi) is 5.22. The lowest BCUT2D eigenvalue weighted by molar-refractivity contribution is 0.0316. The predicted molar refractivity (Wildman–Crippen MR) is 72.9 cm³/mol. The lowest BCUT2D eigenvalue weighted by atomic mass is 10.1. The van der Waals surface area contributed by atoms with Crippen molar-refractivity contribution >= 4 is 0 Å². The van der Waals surface area contributed by atoms with E-state index in [0.717, 1.165) is 29.9 Å². The Hall–Kier alpha value is -1.54. The van der Waals surface area contributed by atoms with Crippen LogP contribution in [0.1, 0.15) is 17.5 Å². The summed E-state index contributed by atoms with van der Waals surface area (Å²) in [6.07, 6.45) is 1.13. The van der Waals surface area contributed by atoms with E-state index in [2.05, 4.69) is 11.8 Å². The number of benzene rings is 1. The van der Waals surface area contributed by atoms with Crippen molar-refractivity contribution < 1.29 is 14.2 Å². The van der Waals surface area contributed by atoms with Crippen LogP contribution in [-0.2, 0) is 16.1 Å². The largest absolute Gasteiger partial charge is 0.497 e. The van der Waals surface area contributed by atoms with Gasteiger partial charge in [0.25, 0.3) is 0 Å². The quantitative estimate of drug-likeness (QED) is 0.830. The Balaban J connectivity index is 2.09. The zero-order chi connectivity index (χ0) is 13.5. The molecule has 1 aromatic rings. The van der Waals surface area contributed by atoms with Crippen molar-refractivity contribution in [1.82, 2.24) is 0 Å². The maximum absolute atomic E-state index is 5.83. The van der Waals surface area contributed by atoms with Gasteiger partial charge in [0.15, 0.2) is 0 Å². The summed E-state index contributed by atoms with van der Waals surface area (Å²) in [6.45, 7) is 2.32. The second-order valence-corrected chi connectivity index (χ2v) is 4.33. The topological polar surface area (TPSA) is 53.7 Å².